The predicted molar refractivity (Wildman–Crippen MR) is 106 cm³/mol. The lowest BCUT2D eigenvalue weighted by atomic mass is 9.72. The zero-order chi connectivity index (χ0) is 18.3. The SMILES string of the molecule is CC(CCC(=O)CCC(C)(c1ccccc1)c1ccccc1)N(C)C. The first-order valence-corrected chi connectivity index (χ1v) is 9.22. The molecule has 0 fully saturated rings. The van der Waals surface area contributed by atoms with Crippen LogP contribution in [0.2, 0.25) is 0 Å². The van der Waals surface area contributed by atoms with Crippen LogP contribution in [0.4, 0.5) is 0 Å². The highest BCUT2D eigenvalue weighted by Gasteiger charge is 2.29. The maximum atomic E-state index is 12.5. The topological polar surface area (TPSA) is 20.3 Å². The molecule has 0 aliphatic rings. The molecule has 0 N–H and O–H groups in total. The standard InChI is InChI=1S/C23H31NO/c1-19(24(3)4)15-16-22(25)17-18-23(2,20-11-7-5-8-12-20)21-13-9-6-10-14-21/h5-14,19H,15-18H2,1-4H3. The van der Waals surface area contributed by atoms with Crippen LogP contribution < -0.4 is 0 Å². The minimum atomic E-state index is -0.134. The van der Waals surface area contributed by atoms with Gasteiger partial charge in [-0.3, -0.25) is 4.79 Å². The summed E-state index contributed by atoms with van der Waals surface area (Å²) in [7, 11) is 4.13. The molecule has 2 rings (SSSR count). The minimum absolute atomic E-state index is 0.134. The smallest absolute Gasteiger partial charge is 0.133 e. The van der Waals surface area contributed by atoms with Crippen LogP contribution in [0, 0.1) is 0 Å². The van der Waals surface area contributed by atoms with E-state index in [0.717, 1.165) is 12.8 Å². The molecular formula is C23H31NO. The van der Waals surface area contributed by atoms with E-state index in [1.807, 2.05) is 12.1 Å². The van der Waals surface area contributed by atoms with Crippen LogP contribution in [0.15, 0.2) is 60.7 Å². The summed E-state index contributed by atoms with van der Waals surface area (Å²) in [5.41, 5.74) is 2.41. The van der Waals surface area contributed by atoms with Crippen LogP contribution in [-0.2, 0) is 10.2 Å². The number of hydrogen-bond donors (Lipinski definition) is 0. The summed E-state index contributed by atoms with van der Waals surface area (Å²) in [6, 6.07) is 21.5. The van der Waals surface area contributed by atoms with E-state index < -0.39 is 0 Å². The predicted octanol–water partition coefficient (Wildman–Crippen LogP) is 5.07. The fraction of sp³-hybridized carbons (Fsp3) is 0.435. The lowest BCUT2D eigenvalue weighted by Gasteiger charge is -2.31. The largest absolute Gasteiger partial charge is 0.307 e. The molecule has 0 spiro atoms. The molecule has 2 heteroatoms. The van der Waals surface area contributed by atoms with E-state index in [0.29, 0.717) is 24.7 Å². The van der Waals surface area contributed by atoms with Crippen molar-refractivity contribution in [2.75, 3.05) is 14.1 Å². The van der Waals surface area contributed by atoms with Crippen LogP contribution in [0.5, 0.6) is 0 Å². The molecule has 2 aromatic rings. The molecule has 134 valence electrons. The first-order chi connectivity index (χ1) is 11.9. The maximum absolute atomic E-state index is 12.5. The van der Waals surface area contributed by atoms with E-state index in [2.05, 4.69) is 81.4 Å². The number of benzene rings is 2. The summed E-state index contributed by atoms with van der Waals surface area (Å²) >= 11 is 0. The van der Waals surface area contributed by atoms with Crippen molar-refractivity contribution in [1.29, 1.82) is 0 Å². The molecule has 0 aromatic heterocycles. The highest BCUT2D eigenvalue weighted by atomic mass is 16.1. The number of hydrogen-bond acceptors (Lipinski definition) is 2. The van der Waals surface area contributed by atoms with E-state index in [1.165, 1.54) is 11.1 Å². The molecule has 0 aliphatic heterocycles. The molecule has 0 radical (unpaired) electrons. The Morgan fingerprint density at radius 3 is 1.84 bits per heavy atom. The number of carbonyl (C=O) groups is 1. The van der Waals surface area contributed by atoms with Crippen LogP contribution in [0.25, 0.3) is 0 Å². The molecule has 0 bridgehead atoms. The van der Waals surface area contributed by atoms with Gasteiger partial charge in [0, 0.05) is 24.3 Å². The minimum Gasteiger partial charge on any atom is -0.307 e. The molecule has 0 aliphatic carbocycles. The zero-order valence-electron chi connectivity index (χ0n) is 16.0. The molecule has 2 aromatic carbocycles. The first kappa shape index (κ1) is 19.4. The number of ketones is 1. The third-order valence-corrected chi connectivity index (χ3v) is 5.45. The Hall–Kier alpha value is -1.93. The average molecular weight is 338 g/mol. The summed E-state index contributed by atoms with van der Waals surface area (Å²) in [5, 5.41) is 0. The van der Waals surface area contributed by atoms with Gasteiger partial charge in [-0.15, -0.1) is 0 Å². The second-order valence-corrected chi connectivity index (χ2v) is 7.45. The van der Waals surface area contributed by atoms with Gasteiger partial charge in [-0.05, 0) is 45.0 Å². The van der Waals surface area contributed by atoms with Crippen molar-refractivity contribution < 1.29 is 4.79 Å². The van der Waals surface area contributed by atoms with Gasteiger partial charge in [-0.1, -0.05) is 67.6 Å². The second-order valence-electron chi connectivity index (χ2n) is 7.45. The third-order valence-electron chi connectivity index (χ3n) is 5.45. The van der Waals surface area contributed by atoms with Crippen LogP contribution in [0.1, 0.15) is 50.7 Å². The van der Waals surface area contributed by atoms with Gasteiger partial charge in [0.05, 0.1) is 0 Å². The first-order valence-electron chi connectivity index (χ1n) is 9.22. The van der Waals surface area contributed by atoms with E-state index in [9.17, 15) is 4.79 Å². The second kappa shape index (κ2) is 8.96. The van der Waals surface area contributed by atoms with Gasteiger partial charge in [0.25, 0.3) is 0 Å². The van der Waals surface area contributed by atoms with Gasteiger partial charge in [-0.2, -0.15) is 0 Å². The van der Waals surface area contributed by atoms with Crippen molar-refractivity contribution in [2.45, 2.75) is 51.0 Å². The van der Waals surface area contributed by atoms with E-state index >= 15 is 0 Å². The Balaban J connectivity index is 2.09. The fourth-order valence-corrected chi connectivity index (χ4v) is 3.21. The number of nitrogens with zero attached hydrogens (tertiary/aromatic N) is 1. The molecular weight excluding hydrogens is 306 g/mol. The highest BCUT2D eigenvalue weighted by molar-refractivity contribution is 5.78. The quantitative estimate of drug-likeness (QED) is 0.636. The van der Waals surface area contributed by atoms with E-state index in [4.69, 9.17) is 0 Å². The monoisotopic (exact) mass is 337 g/mol. The molecule has 0 heterocycles. The molecule has 0 saturated heterocycles. The lowest BCUT2D eigenvalue weighted by molar-refractivity contribution is -0.119. The molecule has 1 unspecified atom stereocenters. The summed E-state index contributed by atoms with van der Waals surface area (Å²) in [6.07, 6.45) is 3.06. The lowest BCUT2D eigenvalue weighted by Crippen LogP contribution is -2.26. The fourth-order valence-electron chi connectivity index (χ4n) is 3.21. The maximum Gasteiger partial charge on any atom is 0.133 e. The molecule has 1 atom stereocenters. The normalized spacial score (nSPS) is 13.0. The van der Waals surface area contributed by atoms with Gasteiger partial charge in [0.1, 0.15) is 5.78 Å². The van der Waals surface area contributed by atoms with Gasteiger partial charge >= 0.3 is 0 Å². The van der Waals surface area contributed by atoms with Crippen LogP contribution in [0.3, 0.4) is 0 Å². The average Bonchev–Trinajstić information content (AvgIpc) is 2.65. The summed E-state index contributed by atoms with van der Waals surface area (Å²) in [6.45, 7) is 4.43. The van der Waals surface area contributed by atoms with E-state index in [1.54, 1.807) is 0 Å². The van der Waals surface area contributed by atoms with Crippen molar-refractivity contribution in [3.05, 3.63) is 71.8 Å². The Morgan fingerprint density at radius 1 is 0.920 bits per heavy atom. The van der Waals surface area contributed by atoms with Crippen molar-refractivity contribution >= 4 is 5.78 Å². The van der Waals surface area contributed by atoms with Crippen molar-refractivity contribution in [3.8, 4) is 0 Å². The van der Waals surface area contributed by atoms with E-state index in [-0.39, 0.29) is 5.41 Å². The zero-order valence-corrected chi connectivity index (χ0v) is 16.0. The third kappa shape index (κ3) is 5.27. The Morgan fingerprint density at radius 2 is 1.40 bits per heavy atom. The van der Waals surface area contributed by atoms with Gasteiger partial charge in [0.2, 0.25) is 0 Å². The molecule has 0 amide bonds. The summed E-state index contributed by atoms with van der Waals surface area (Å²) < 4.78 is 0. The van der Waals surface area contributed by atoms with Crippen molar-refractivity contribution in [3.63, 3.8) is 0 Å². The van der Waals surface area contributed by atoms with Crippen LogP contribution >= 0.6 is 0 Å². The Bertz CT molecular complexity index is 609. The summed E-state index contributed by atoms with van der Waals surface area (Å²) in [4.78, 5) is 14.6. The Kier molecular flexibility index (Phi) is 6.95. The van der Waals surface area contributed by atoms with Crippen molar-refractivity contribution in [1.82, 2.24) is 4.90 Å². The molecule has 0 saturated carbocycles. The molecule has 2 nitrogen and oxygen atoms in total. The van der Waals surface area contributed by atoms with Gasteiger partial charge in [-0.25, -0.2) is 0 Å². The van der Waals surface area contributed by atoms with Crippen molar-refractivity contribution in [2.24, 2.45) is 0 Å². The number of carbonyl (C=O) groups excluding carboxylic acids is 1. The van der Waals surface area contributed by atoms with Gasteiger partial charge < -0.3 is 4.90 Å². The molecule has 25 heavy (non-hydrogen) atoms. The highest BCUT2D eigenvalue weighted by Crippen LogP contribution is 2.36. The Labute approximate surface area is 152 Å². The number of Topliss-reactive ketones (excluding diaryl/α,β-unsaturated/α-hetero) is 1. The van der Waals surface area contributed by atoms with Crippen LogP contribution in [-0.4, -0.2) is 30.8 Å². The van der Waals surface area contributed by atoms with Gasteiger partial charge in [0.15, 0.2) is 0 Å². The number of rotatable bonds is 9. The summed E-state index contributed by atoms with van der Waals surface area (Å²) in [5.74, 6) is 0.367.